The van der Waals surface area contributed by atoms with Crippen molar-refractivity contribution in [2.75, 3.05) is 25.3 Å². The van der Waals surface area contributed by atoms with Crippen LogP contribution in [0.2, 0.25) is 0 Å². The molecule has 152 valence electrons. The summed E-state index contributed by atoms with van der Waals surface area (Å²) in [5.74, 6) is 1.54. The van der Waals surface area contributed by atoms with Gasteiger partial charge in [-0.3, -0.25) is 14.9 Å². The Hall–Kier alpha value is -4.07. The number of carbonyl (C=O) groups excluding carboxylic acids is 1. The summed E-state index contributed by atoms with van der Waals surface area (Å²) in [6.07, 6.45) is 1.88. The summed E-state index contributed by atoms with van der Waals surface area (Å²) in [6, 6.07) is 14.6. The van der Waals surface area contributed by atoms with Crippen molar-refractivity contribution in [2.24, 2.45) is 0 Å². The molecule has 30 heavy (non-hydrogen) atoms. The molecule has 0 saturated carbocycles. The van der Waals surface area contributed by atoms with Crippen LogP contribution in [0.15, 0.2) is 54.7 Å². The molecule has 0 bridgehead atoms. The Bertz CT molecular complexity index is 1200. The molecule has 4 N–H and O–H groups in total. The average Bonchev–Trinajstić information content (AvgIpc) is 3.15. The maximum Gasteiger partial charge on any atom is 0.228 e. The highest BCUT2D eigenvalue weighted by Gasteiger charge is 2.13. The molecule has 2 aromatic carbocycles. The van der Waals surface area contributed by atoms with Crippen LogP contribution in [-0.4, -0.2) is 35.3 Å². The standard InChI is InChI=1S/C22H21N5O3/c1-29-16-8-5-14(18(12-16)30-2)11-19(28)25-15-6-3-13(4-7-15)21-20-17(9-10-24-21)26-27-22(20)23/h3-10,12H,11H2,1-2H3,(H,25,28)(H3,23,26,27). The van der Waals surface area contributed by atoms with Crippen LogP contribution in [-0.2, 0) is 11.2 Å². The Kier molecular flexibility index (Phi) is 5.21. The van der Waals surface area contributed by atoms with E-state index in [0.717, 1.165) is 27.7 Å². The first-order valence-electron chi connectivity index (χ1n) is 9.29. The third-order valence-electron chi connectivity index (χ3n) is 4.79. The summed E-state index contributed by atoms with van der Waals surface area (Å²) >= 11 is 0. The van der Waals surface area contributed by atoms with Crippen molar-refractivity contribution in [1.29, 1.82) is 0 Å². The fourth-order valence-electron chi connectivity index (χ4n) is 3.30. The lowest BCUT2D eigenvalue weighted by Gasteiger charge is -2.11. The van der Waals surface area contributed by atoms with E-state index < -0.39 is 0 Å². The second-order valence-electron chi connectivity index (χ2n) is 6.67. The van der Waals surface area contributed by atoms with Gasteiger partial charge < -0.3 is 20.5 Å². The van der Waals surface area contributed by atoms with Gasteiger partial charge in [0.1, 0.15) is 11.5 Å². The molecule has 0 saturated heterocycles. The van der Waals surface area contributed by atoms with Gasteiger partial charge >= 0.3 is 0 Å². The molecule has 0 aliphatic rings. The Morgan fingerprint density at radius 2 is 1.90 bits per heavy atom. The summed E-state index contributed by atoms with van der Waals surface area (Å²) < 4.78 is 10.5. The van der Waals surface area contributed by atoms with E-state index in [2.05, 4.69) is 20.5 Å². The third kappa shape index (κ3) is 3.75. The minimum atomic E-state index is -0.148. The predicted molar refractivity (Wildman–Crippen MR) is 116 cm³/mol. The van der Waals surface area contributed by atoms with E-state index in [4.69, 9.17) is 15.2 Å². The Balaban J connectivity index is 1.50. The molecule has 0 radical (unpaired) electrons. The largest absolute Gasteiger partial charge is 0.497 e. The molecule has 4 rings (SSSR count). The molecule has 0 atom stereocenters. The first-order chi connectivity index (χ1) is 14.6. The topological polar surface area (TPSA) is 115 Å². The van der Waals surface area contributed by atoms with Crippen molar-refractivity contribution >= 4 is 28.3 Å². The van der Waals surface area contributed by atoms with E-state index >= 15 is 0 Å². The van der Waals surface area contributed by atoms with Crippen LogP contribution in [0.4, 0.5) is 11.5 Å². The van der Waals surface area contributed by atoms with Gasteiger partial charge in [0.25, 0.3) is 0 Å². The van der Waals surface area contributed by atoms with Crippen LogP contribution in [0.5, 0.6) is 11.5 Å². The third-order valence-corrected chi connectivity index (χ3v) is 4.79. The fourth-order valence-corrected chi connectivity index (χ4v) is 3.30. The van der Waals surface area contributed by atoms with Crippen LogP contribution in [0.1, 0.15) is 5.56 Å². The van der Waals surface area contributed by atoms with Crippen LogP contribution in [0, 0.1) is 0 Å². The number of pyridine rings is 1. The molecule has 2 heterocycles. The minimum Gasteiger partial charge on any atom is -0.497 e. The summed E-state index contributed by atoms with van der Waals surface area (Å²) in [7, 11) is 3.15. The first kappa shape index (κ1) is 19.3. The molecular formula is C22H21N5O3. The Labute approximate surface area is 173 Å². The number of hydrogen-bond donors (Lipinski definition) is 3. The fraction of sp³-hybridized carbons (Fsp3) is 0.136. The lowest BCUT2D eigenvalue weighted by atomic mass is 10.1. The highest BCUT2D eigenvalue weighted by atomic mass is 16.5. The van der Waals surface area contributed by atoms with E-state index in [-0.39, 0.29) is 12.3 Å². The molecule has 2 aromatic heterocycles. The van der Waals surface area contributed by atoms with Crippen LogP contribution < -0.4 is 20.5 Å². The highest BCUT2D eigenvalue weighted by Crippen LogP contribution is 2.30. The number of anilines is 2. The van der Waals surface area contributed by atoms with E-state index in [1.807, 2.05) is 36.4 Å². The first-order valence-corrected chi connectivity index (χ1v) is 9.29. The number of nitrogen functional groups attached to an aromatic ring is 1. The van der Waals surface area contributed by atoms with Gasteiger partial charge in [-0.05, 0) is 24.3 Å². The van der Waals surface area contributed by atoms with Crippen molar-refractivity contribution in [3.8, 4) is 22.8 Å². The summed E-state index contributed by atoms with van der Waals surface area (Å²) in [5.41, 5.74) is 9.86. The second kappa shape index (κ2) is 8.12. The molecule has 0 unspecified atom stereocenters. The van der Waals surface area contributed by atoms with Gasteiger partial charge in [0, 0.05) is 29.1 Å². The van der Waals surface area contributed by atoms with Crippen molar-refractivity contribution in [2.45, 2.75) is 6.42 Å². The Morgan fingerprint density at radius 3 is 2.63 bits per heavy atom. The summed E-state index contributed by atoms with van der Waals surface area (Å²) in [6.45, 7) is 0. The highest BCUT2D eigenvalue weighted by molar-refractivity contribution is 6.00. The van der Waals surface area contributed by atoms with Crippen molar-refractivity contribution in [1.82, 2.24) is 15.2 Å². The van der Waals surface area contributed by atoms with Gasteiger partial charge in [-0.1, -0.05) is 18.2 Å². The number of H-pyrrole nitrogens is 1. The quantitative estimate of drug-likeness (QED) is 0.454. The zero-order chi connectivity index (χ0) is 21.1. The zero-order valence-electron chi connectivity index (χ0n) is 16.6. The number of aromatic amines is 1. The van der Waals surface area contributed by atoms with Gasteiger partial charge in [-0.2, -0.15) is 5.10 Å². The molecule has 1 amide bonds. The maximum atomic E-state index is 12.5. The second-order valence-corrected chi connectivity index (χ2v) is 6.67. The number of nitrogens with zero attached hydrogens (tertiary/aromatic N) is 2. The molecule has 8 heteroatoms. The monoisotopic (exact) mass is 403 g/mol. The molecule has 0 aliphatic heterocycles. The number of amides is 1. The van der Waals surface area contributed by atoms with Gasteiger partial charge in [-0.25, -0.2) is 0 Å². The normalized spacial score (nSPS) is 10.7. The predicted octanol–water partition coefficient (Wildman–Crippen LogP) is 3.41. The Morgan fingerprint density at radius 1 is 1.10 bits per heavy atom. The number of benzene rings is 2. The summed E-state index contributed by atoms with van der Waals surface area (Å²) in [4.78, 5) is 16.9. The number of fused-ring (bicyclic) bond motifs is 1. The lowest BCUT2D eigenvalue weighted by molar-refractivity contribution is -0.115. The SMILES string of the molecule is COc1ccc(CC(=O)Nc2ccc(-c3nccc4[nH]nc(N)c34)cc2)c(OC)c1. The van der Waals surface area contributed by atoms with Gasteiger partial charge in [-0.15, -0.1) is 0 Å². The number of hydrogen-bond acceptors (Lipinski definition) is 6. The van der Waals surface area contributed by atoms with Crippen molar-refractivity contribution in [3.63, 3.8) is 0 Å². The smallest absolute Gasteiger partial charge is 0.228 e. The summed E-state index contributed by atoms with van der Waals surface area (Å²) in [5, 5.41) is 10.6. The van der Waals surface area contributed by atoms with E-state index in [9.17, 15) is 4.79 Å². The number of aromatic nitrogens is 3. The van der Waals surface area contributed by atoms with E-state index in [1.165, 1.54) is 0 Å². The number of nitrogens with two attached hydrogens (primary N) is 1. The average molecular weight is 403 g/mol. The number of nitrogens with one attached hydrogen (secondary N) is 2. The van der Waals surface area contributed by atoms with E-state index in [1.54, 1.807) is 32.5 Å². The molecule has 8 nitrogen and oxygen atoms in total. The molecule has 0 fully saturated rings. The van der Waals surface area contributed by atoms with Gasteiger partial charge in [0.15, 0.2) is 5.82 Å². The van der Waals surface area contributed by atoms with Crippen LogP contribution in [0.3, 0.4) is 0 Å². The molecule has 0 aliphatic carbocycles. The van der Waals surface area contributed by atoms with Crippen molar-refractivity contribution < 1.29 is 14.3 Å². The van der Waals surface area contributed by atoms with Crippen LogP contribution >= 0.6 is 0 Å². The van der Waals surface area contributed by atoms with Gasteiger partial charge in [0.05, 0.1) is 37.2 Å². The number of ether oxygens (including phenoxy) is 2. The van der Waals surface area contributed by atoms with Crippen LogP contribution in [0.25, 0.3) is 22.2 Å². The number of rotatable bonds is 6. The van der Waals surface area contributed by atoms with E-state index in [0.29, 0.717) is 23.0 Å². The zero-order valence-corrected chi connectivity index (χ0v) is 16.6. The van der Waals surface area contributed by atoms with Crippen molar-refractivity contribution in [3.05, 3.63) is 60.3 Å². The number of carbonyl (C=O) groups is 1. The minimum absolute atomic E-state index is 0.148. The molecule has 0 spiro atoms. The molecule has 4 aromatic rings. The maximum absolute atomic E-state index is 12.5. The number of methoxy groups -OCH3 is 2. The molecular weight excluding hydrogens is 382 g/mol. The van der Waals surface area contributed by atoms with Gasteiger partial charge in [0.2, 0.25) is 5.91 Å². The lowest BCUT2D eigenvalue weighted by Crippen LogP contribution is -2.14.